The van der Waals surface area contributed by atoms with E-state index in [1.807, 2.05) is 6.07 Å². The number of benzene rings is 2. The number of halogens is 1. The van der Waals surface area contributed by atoms with Gasteiger partial charge in [-0.1, -0.05) is 12.1 Å². The molecule has 1 amide bonds. The van der Waals surface area contributed by atoms with Crippen LogP contribution < -0.4 is 4.74 Å². The van der Waals surface area contributed by atoms with Crippen LogP contribution in [0.4, 0.5) is 10.1 Å². The molecule has 9 heteroatoms. The molecule has 1 saturated heterocycles. The number of aromatic amines is 1. The second-order valence-corrected chi connectivity index (χ2v) is 7.73. The van der Waals surface area contributed by atoms with Crippen molar-refractivity contribution in [3.05, 3.63) is 71.0 Å². The molecule has 0 spiro atoms. The number of aliphatic imine (C=N–C) groups is 1. The molecule has 4 rings (SSSR count). The van der Waals surface area contributed by atoms with Crippen molar-refractivity contribution in [3.8, 4) is 5.75 Å². The lowest BCUT2D eigenvalue weighted by Gasteiger charge is -2.16. The SMILES string of the molecule is COc1ccccc1N=C1S/C(=C\C(=O)O)C(=O)N1CCc1c[nH]c2cc(F)ccc12. The van der Waals surface area contributed by atoms with Gasteiger partial charge in [0, 0.05) is 29.7 Å². The lowest BCUT2D eigenvalue weighted by atomic mass is 10.1. The van der Waals surface area contributed by atoms with Crippen LogP contribution in [-0.4, -0.2) is 45.7 Å². The Morgan fingerprint density at radius 3 is 2.90 bits per heavy atom. The number of carbonyl (C=O) groups excluding carboxylic acids is 1. The number of thioether (sulfide) groups is 1. The highest BCUT2D eigenvalue weighted by Crippen LogP contribution is 2.35. The summed E-state index contributed by atoms with van der Waals surface area (Å²) in [5.41, 5.74) is 2.12. The Kier molecular flexibility index (Phi) is 5.77. The van der Waals surface area contributed by atoms with E-state index < -0.39 is 11.9 Å². The Bertz CT molecular complexity index is 1230. The third kappa shape index (κ3) is 4.31. The number of ether oxygens (including phenoxy) is 1. The number of hydrogen-bond donors (Lipinski definition) is 2. The van der Waals surface area contributed by atoms with Crippen molar-refractivity contribution in [2.45, 2.75) is 6.42 Å². The van der Waals surface area contributed by atoms with Gasteiger partial charge in [0.1, 0.15) is 17.3 Å². The summed E-state index contributed by atoms with van der Waals surface area (Å²) in [6.45, 7) is 0.279. The molecular formula is C22H18FN3O4S. The number of nitrogens with one attached hydrogen (secondary N) is 1. The van der Waals surface area contributed by atoms with E-state index in [1.165, 1.54) is 24.1 Å². The van der Waals surface area contributed by atoms with Crippen LogP contribution in [0.5, 0.6) is 5.75 Å². The Hall–Kier alpha value is -3.59. The van der Waals surface area contributed by atoms with Crippen molar-refractivity contribution >= 4 is 45.4 Å². The molecule has 7 nitrogen and oxygen atoms in total. The molecule has 1 aliphatic rings. The van der Waals surface area contributed by atoms with E-state index in [-0.39, 0.29) is 17.3 Å². The fourth-order valence-electron chi connectivity index (χ4n) is 3.32. The van der Waals surface area contributed by atoms with Crippen molar-refractivity contribution in [2.24, 2.45) is 4.99 Å². The van der Waals surface area contributed by atoms with Gasteiger partial charge in [0.05, 0.1) is 12.0 Å². The Balaban J connectivity index is 1.65. The Labute approximate surface area is 181 Å². The predicted molar refractivity (Wildman–Crippen MR) is 117 cm³/mol. The largest absolute Gasteiger partial charge is 0.494 e. The molecule has 2 heterocycles. The maximum absolute atomic E-state index is 13.4. The number of carboxylic acid groups (broad SMARTS) is 1. The number of rotatable bonds is 6. The smallest absolute Gasteiger partial charge is 0.329 e. The zero-order valence-corrected chi connectivity index (χ0v) is 17.3. The van der Waals surface area contributed by atoms with Crippen LogP contribution in [0.3, 0.4) is 0 Å². The molecular weight excluding hydrogens is 421 g/mol. The number of para-hydroxylation sites is 2. The van der Waals surface area contributed by atoms with Crippen LogP contribution in [0.2, 0.25) is 0 Å². The van der Waals surface area contributed by atoms with Crippen LogP contribution in [0.1, 0.15) is 5.56 Å². The number of aliphatic carboxylic acids is 1. The molecule has 1 aromatic heterocycles. The number of aromatic nitrogens is 1. The number of amides is 1. The van der Waals surface area contributed by atoms with Gasteiger partial charge in [-0.05, 0) is 54.1 Å². The highest BCUT2D eigenvalue weighted by molar-refractivity contribution is 8.18. The highest BCUT2D eigenvalue weighted by atomic mass is 32.2. The zero-order valence-electron chi connectivity index (χ0n) is 16.5. The molecule has 3 aromatic rings. The van der Waals surface area contributed by atoms with Crippen LogP contribution in [0.15, 0.2) is 64.6 Å². The number of amidine groups is 1. The minimum atomic E-state index is -1.20. The van der Waals surface area contributed by atoms with Crippen molar-refractivity contribution in [3.63, 3.8) is 0 Å². The maximum atomic E-state index is 13.4. The van der Waals surface area contributed by atoms with Gasteiger partial charge in [0.25, 0.3) is 5.91 Å². The molecule has 31 heavy (non-hydrogen) atoms. The summed E-state index contributed by atoms with van der Waals surface area (Å²) in [7, 11) is 1.53. The molecule has 1 aliphatic heterocycles. The van der Waals surface area contributed by atoms with Crippen molar-refractivity contribution < 1.29 is 23.8 Å². The Morgan fingerprint density at radius 2 is 2.13 bits per heavy atom. The summed E-state index contributed by atoms with van der Waals surface area (Å²) in [5, 5.41) is 10.3. The van der Waals surface area contributed by atoms with Crippen LogP contribution in [0, 0.1) is 5.82 Å². The van der Waals surface area contributed by atoms with Gasteiger partial charge < -0.3 is 14.8 Å². The van der Waals surface area contributed by atoms with E-state index in [2.05, 4.69) is 9.98 Å². The molecule has 0 saturated carbocycles. The summed E-state index contributed by atoms with van der Waals surface area (Å²) in [6, 6.07) is 11.6. The van der Waals surface area contributed by atoms with E-state index in [4.69, 9.17) is 9.84 Å². The van der Waals surface area contributed by atoms with Gasteiger partial charge in [-0.2, -0.15) is 0 Å². The lowest BCUT2D eigenvalue weighted by Crippen LogP contribution is -2.31. The summed E-state index contributed by atoms with van der Waals surface area (Å²) < 4.78 is 18.8. The van der Waals surface area contributed by atoms with Crippen LogP contribution in [-0.2, 0) is 16.0 Å². The Morgan fingerprint density at radius 1 is 1.32 bits per heavy atom. The number of hydrogen-bond acceptors (Lipinski definition) is 5. The fraction of sp³-hybridized carbons (Fsp3) is 0.136. The molecule has 2 N–H and O–H groups in total. The molecule has 0 atom stereocenters. The third-order valence-corrected chi connectivity index (χ3v) is 5.78. The third-order valence-electron chi connectivity index (χ3n) is 4.78. The van der Waals surface area contributed by atoms with Gasteiger partial charge in [-0.25, -0.2) is 14.2 Å². The van der Waals surface area contributed by atoms with Gasteiger partial charge in [-0.15, -0.1) is 0 Å². The van der Waals surface area contributed by atoms with Gasteiger partial charge in [0.15, 0.2) is 5.17 Å². The summed E-state index contributed by atoms with van der Waals surface area (Å²) in [4.78, 5) is 33.1. The minimum absolute atomic E-state index is 0.0853. The maximum Gasteiger partial charge on any atom is 0.329 e. The van der Waals surface area contributed by atoms with E-state index in [1.54, 1.807) is 30.5 Å². The average molecular weight is 439 g/mol. The van der Waals surface area contributed by atoms with Crippen molar-refractivity contribution in [1.82, 2.24) is 9.88 Å². The van der Waals surface area contributed by atoms with Crippen LogP contribution in [0.25, 0.3) is 10.9 Å². The molecule has 1 fully saturated rings. The van der Waals surface area contributed by atoms with Gasteiger partial charge in [0.2, 0.25) is 0 Å². The zero-order chi connectivity index (χ0) is 22.0. The second-order valence-electron chi connectivity index (χ2n) is 6.73. The second kappa shape index (κ2) is 8.65. The lowest BCUT2D eigenvalue weighted by molar-refractivity contribution is -0.132. The van der Waals surface area contributed by atoms with Crippen molar-refractivity contribution in [1.29, 1.82) is 0 Å². The predicted octanol–water partition coefficient (Wildman–Crippen LogP) is 4.09. The first-order valence-corrected chi connectivity index (χ1v) is 10.2. The van der Waals surface area contributed by atoms with Gasteiger partial charge >= 0.3 is 5.97 Å². The van der Waals surface area contributed by atoms with Gasteiger partial charge in [-0.3, -0.25) is 9.69 Å². The number of carbonyl (C=O) groups is 2. The molecule has 158 valence electrons. The van der Waals surface area contributed by atoms with E-state index in [0.717, 1.165) is 28.8 Å². The molecule has 2 aromatic carbocycles. The number of methoxy groups -OCH3 is 1. The molecule has 0 radical (unpaired) electrons. The normalized spacial score (nSPS) is 16.6. The quantitative estimate of drug-likeness (QED) is 0.564. The van der Waals surface area contributed by atoms with Crippen LogP contribution >= 0.6 is 11.8 Å². The first-order chi connectivity index (χ1) is 15.0. The number of fused-ring (bicyclic) bond motifs is 1. The fourth-order valence-corrected chi connectivity index (χ4v) is 4.31. The van der Waals surface area contributed by atoms with Crippen molar-refractivity contribution in [2.75, 3.05) is 13.7 Å². The minimum Gasteiger partial charge on any atom is -0.494 e. The summed E-state index contributed by atoms with van der Waals surface area (Å²) >= 11 is 1.01. The number of carboxylic acids is 1. The molecule has 0 unspecified atom stereocenters. The monoisotopic (exact) mass is 439 g/mol. The number of H-pyrrole nitrogens is 1. The molecule has 0 aliphatic carbocycles. The average Bonchev–Trinajstić information content (AvgIpc) is 3.27. The van der Waals surface area contributed by atoms with E-state index >= 15 is 0 Å². The first kappa shape index (κ1) is 20.7. The van der Waals surface area contributed by atoms with E-state index in [0.29, 0.717) is 28.5 Å². The molecule has 0 bridgehead atoms. The summed E-state index contributed by atoms with van der Waals surface area (Å²) in [5.74, 6) is -1.42. The highest BCUT2D eigenvalue weighted by Gasteiger charge is 2.34. The number of nitrogens with zero attached hydrogens (tertiary/aromatic N) is 2. The van der Waals surface area contributed by atoms with E-state index in [9.17, 15) is 14.0 Å². The standard InChI is InChI=1S/C22H18FN3O4S/c1-30-18-5-3-2-4-16(18)25-22-26(21(29)19(31-22)11-20(27)28)9-8-13-12-24-17-10-14(23)6-7-15(13)17/h2-7,10-12,24H,8-9H2,1H3,(H,27,28)/b19-11-,25-22?. The topological polar surface area (TPSA) is 95.0 Å². The first-order valence-electron chi connectivity index (χ1n) is 9.38. The summed E-state index contributed by atoms with van der Waals surface area (Å²) in [6.07, 6.45) is 3.14.